The maximum absolute atomic E-state index is 12.1. The Morgan fingerprint density at radius 2 is 1.91 bits per heavy atom. The molecule has 7 heteroatoms. The Labute approximate surface area is 142 Å². The molecule has 1 aliphatic carbocycles. The first-order valence-corrected chi connectivity index (χ1v) is 9.03. The number of likely N-dealkylation sites (tertiary alicyclic amines) is 2. The lowest BCUT2D eigenvalue weighted by molar-refractivity contribution is -0.141. The van der Waals surface area contributed by atoms with Crippen LogP contribution in [0.15, 0.2) is 0 Å². The van der Waals surface area contributed by atoms with Gasteiger partial charge in [-0.15, -0.1) is 0 Å². The van der Waals surface area contributed by atoms with E-state index in [9.17, 15) is 9.59 Å². The smallest absolute Gasteiger partial charge is 0.308 e. The number of rotatable bonds is 3. The third-order valence-electron chi connectivity index (χ3n) is 5.33. The third kappa shape index (κ3) is 3.76. The van der Waals surface area contributed by atoms with Crippen LogP contribution < -0.4 is 5.32 Å². The second-order valence-corrected chi connectivity index (χ2v) is 7.35. The van der Waals surface area contributed by atoms with Crippen molar-refractivity contribution < 1.29 is 14.7 Å². The van der Waals surface area contributed by atoms with Gasteiger partial charge in [-0.1, -0.05) is 19.3 Å². The van der Waals surface area contributed by atoms with E-state index in [2.05, 4.69) is 10.2 Å². The highest BCUT2D eigenvalue weighted by molar-refractivity contribution is 7.80. The largest absolute Gasteiger partial charge is 0.481 e. The molecule has 3 rings (SSSR count). The van der Waals surface area contributed by atoms with Crippen molar-refractivity contribution in [2.24, 2.45) is 5.92 Å². The van der Waals surface area contributed by atoms with E-state index >= 15 is 0 Å². The molecule has 1 saturated carbocycles. The van der Waals surface area contributed by atoms with Crippen LogP contribution in [-0.2, 0) is 9.59 Å². The number of thiocarbonyl (C=S) groups is 1. The predicted octanol–water partition coefficient (Wildman–Crippen LogP) is 1.20. The molecule has 0 aromatic heterocycles. The van der Waals surface area contributed by atoms with E-state index in [4.69, 9.17) is 17.3 Å². The van der Waals surface area contributed by atoms with Gasteiger partial charge < -0.3 is 20.2 Å². The molecule has 0 bridgehead atoms. The molecule has 2 unspecified atom stereocenters. The summed E-state index contributed by atoms with van der Waals surface area (Å²) in [5, 5.41) is 13.4. The molecular formula is C16H25N3O3S. The minimum atomic E-state index is -0.870. The Kier molecular flexibility index (Phi) is 5.04. The van der Waals surface area contributed by atoms with Crippen LogP contribution in [-0.4, -0.2) is 63.6 Å². The summed E-state index contributed by atoms with van der Waals surface area (Å²) in [6, 6.07) is 0.582. The summed E-state index contributed by atoms with van der Waals surface area (Å²) in [5.41, 5.74) is 0. The van der Waals surface area contributed by atoms with Gasteiger partial charge in [0.1, 0.15) is 0 Å². The van der Waals surface area contributed by atoms with E-state index in [0.29, 0.717) is 12.6 Å². The first-order valence-electron chi connectivity index (χ1n) is 8.62. The summed E-state index contributed by atoms with van der Waals surface area (Å²) in [6.45, 7) is 1.90. The van der Waals surface area contributed by atoms with Gasteiger partial charge in [-0.3, -0.25) is 9.59 Å². The molecule has 0 spiro atoms. The number of nitrogens with one attached hydrogen (secondary N) is 1. The Bertz CT molecular complexity index is 493. The second-order valence-electron chi connectivity index (χ2n) is 6.96. The molecule has 128 valence electrons. The topological polar surface area (TPSA) is 72.9 Å². The number of carbonyl (C=O) groups excluding carboxylic acids is 1. The van der Waals surface area contributed by atoms with Crippen molar-refractivity contribution in [1.29, 1.82) is 0 Å². The number of carboxylic acid groups (broad SMARTS) is 1. The van der Waals surface area contributed by atoms with Crippen molar-refractivity contribution in [3.8, 4) is 0 Å². The molecule has 0 aromatic rings. The molecule has 6 nitrogen and oxygen atoms in total. The molecule has 23 heavy (non-hydrogen) atoms. The number of carboxylic acids is 1. The standard InChI is InChI=1S/C16H25N3O3S/c20-14-8-11(15(21)22)9-19(14)13-6-7-18(10-13)16(23)17-12-4-2-1-3-5-12/h11-13H,1-10H2,(H,17,23)(H,21,22). The zero-order valence-corrected chi connectivity index (χ0v) is 14.2. The molecule has 0 radical (unpaired) electrons. The number of aliphatic carboxylic acids is 1. The third-order valence-corrected chi connectivity index (χ3v) is 5.71. The predicted molar refractivity (Wildman–Crippen MR) is 90.0 cm³/mol. The minimum absolute atomic E-state index is 0.0320. The van der Waals surface area contributed by atoms with E-state index < -0.39 is 11.9 Å². The van der Waals surface area contributed by atoms with E-state index in [0.717, 1.165) is 24.6 Å². The van der Waals surface area contributed by atoms with E-state index in [1.165, 1.54) is 32.1 Å². The minimum Gasteiger partial charge on any atom is -0.481 e. The van der Waals surface area contributed by atoms with E-state index in [1.807, 2.05) is 0 Å². The van der Waals surface area contributed by atoms with Crippen LogP contribution in [0.2, 0.25) is 0 Å². The van der Waals surface area contributed by atoms with Gasteiger partial charge >= 0.3 is 5.97 Å². The Hall–Kier alpha value is -1.37. The summed E-state index contributed by atoms with van der Waals surface area (Å²) in [7, 11) is 0. The highest BCUT2D eigenvalue weighted by Crippen LogP contribution is 2.25. The van der Waals surface area contributed by atoms with Crippen LogP contribution in [0.3, 0.4) is 0 Å². The summed E-state index contributed by atoms with van der Waals surface area (Å²) >= 11 is 5.53. The lowest BCUT2D eigenvalue weighted by Gasteiger charge is -2.29. The van der Waals surface area contributed by atoms with Gasteiger partial charge in [-0.05, 0) is 31.5 Å². The highest BCUT2D eigenvalue weighted by atomic mass is 32.1. The van der Waals surface area contributed by atoms with Crippen LogP contribution in [0.4, 0.5) is 0 Å². The molecule has 3 aliphatic rings. The van der Waals surface area contributed by atoms with E-state index in [-0.39, 0.29) is 18.4 Å². The van der Waals surface area contributed by atoms with Gasteiger partial charge in [-0.2, -0.15) is 0 Å². The maximum Gasteiger partial charge on any atom is 0.308 e. The number of amides is 1. The second kappa shape index (κ2) is 7.03. The summed E-state index contributed by atoms with van der Waals surface area (Å²) in [5.74, 6) is -1.45. The van der Waals surface area contributed by atoms with Crippen molar-refractivity contribution in [2.45, 2.75) is 57.0 Å². The summed E-state index contributed by atoms with van der Waals surface area (Å²) in [4.78, 5) is 27.0. The summed E-state index contributed by atoms with van der Waals surface area (Å²) in [6.07, 6.45) is 7.22. The van der Waals surface area contributed by atoms with Gasteiger partial charge in [0.2, 0.25) is 5.91 Å². The lowest BCUT2D eigenvalue weighted by Crippen LogP contribution is -2.46. The summed E-state index contributed by atoms with van der Waals surface area (Å²) < 4.78 is 0. The monoisotopic (exact) mass is 339 g/mol. The van der Waals surface area contributed by atoms with Crippen molar-refractivity contribution >= 4 is 29.2 Å². The first kappa shape index (κ1) is 16.5. The molecule has 0 aromatic carbocycles. The Morgan fingerprint density at radius 1 is 1.17 bits per heavy atom. The number of nitrogens with zero attached hydrogens (tertiary/aromatic N) is 2. The van der Waals surface area contributed by atoms with Gasteiger partial charge in [-0.25, -0.2) is 0 Å². The number of carbonyl (C=O) groups is 2. The van der Waals surface area contributed by atoms with Gasteiger partial charge in [0, 0.05) is 32.1 Å². The fraction of sp³-hybridized carbons (Fsp3) is 0.812. The SMILES string of the molecule is O=C(O)C1CC(=O)N(C2CCN(C(=S)NC3CCCCC3)C2)C1. The van der Waals surface area contributed by atoms with Gasteiger partial charge in [0.15, 0.2) is 5.11 Å². The normalized spacial score (nSPS) is 29.1. The van der Waals surface area contributed by atoms with Crippen LogP contribution in [0.5, 0.6) is 0 Å². The van der Waals surface area contributed by atoms with Gasteiger partial charge in [0.05, 0.1) is 12.0 Å². The van der Waals surface area contributed by atoms with Crippen LogP contribution in [0, 0.1) is 5.92 Å². The van der Waals surface area contributed by atoms with E-state index in [1.54, 1.807) is 4.90 Å². The average molecular weight is 339 g/mol. The molecule has 2 heterocycles. The molecular weight excluding hydrogens is 314 g/mol. The number of hydrogen-bond acceptors (Lipinski definition) is 3. The Balaban J connectivity index is 1.51. The zero-order chi connectivity index (χ0) is 16.4. The van der Waals surface area contributed by atoms with Crippen LogP contribution in [0.25, 0.3) is 0 Å². The number of hydrogen-bond donors (Lipinski definition) is 2. The molecule has 2 aliphatic heterocycles. The average Bonchev–Trinajstić information content (AvgIpc) is 3.14. The molecule has 2 atom stereocenters. The fourth-order valence-corrected chi connectivity index (χ4v) is 4.28. The molecule has 2 N–H and O–H groups in total. The highest BCUT2D eigenvalue weighted by Gasteiger charge is 2.40. The first-order chi connectivity index (χ1) is 11.0. The molecule has 1 amide bonds. The quantitative estimate of drug-likeness (QED) is 0.753. The van der Waals surface area contributed by atoms with Crippen molar-refractivity contribution in [1.82, 2.24) is 15.1 Å². The molecule has 2 saturated heterocycles. The fourth-order valence-electron chi connectivity index (χ4n) is 3.94. The van der Waals surface area contributed by atoms with Gasteiger partial charge in [0.25, 0.3) is 0 Å². The molecule has 3 fully saturated rings. The Morgan fingerprint density at radius 3 is 2.57 bits per heavy atom. The van der Waals surface area contributed by atoms with Crippen molar-refractivity contribution in [3.05, 3.63) is 0 Å². The lowest BCUT2D eigenvalue weighted by atomic mass is 9.96. The van der Waals surface area contributed by atoms with Crippen LogP contribution >= 0.6 is 12.2 Å². The van der Waals surface area contributed by atoms with Crippen molar-refractivity contribution in [2.75, 3.05) is 19.6 Å². The maximum atomic E-state index is 12.1. The van der Waals surface area contributed by atoms with Crippen molar-refractivity contribution in [3.63, 3.8) is 0 Å². The zero-order valence-electron chi connectivity index (χ0n) is 13.4. The van der Waals surface area contributed by atoms with Crippen LogP contribution in [0.1, 0.15) is 44.9 Å².